The molecule has 1 aromatic heterocycles. The summed E-state index contributed by atoms with van der Waals surface area (Å²) in [6.45, 7) is 5.81. The van der Waals surface area contributed by atoms with E-state index in [4.69, 9.17) is 0 Å². The van der Waals surface area contributed by atoms with E-state index in [0.29, 0.717) is 38.6 Å². The first-order valence-electron chi connectivity index (χ1n) is 10.2. The molecule has 1 fully saturated rings. The summed E-state index contributed by atoms with van der Waals surface area (Å²) in [5, 5.41) is 6.47. The van der Waals surface area contributed by atoms with Gasteiger partial charge < -0.3 is 15.2 Å². The molecule has 2 aromatic rings. The zero-order valence-electron chi connectivity index (χ0n) is 17.4. The van der Waals surface area contributed by atoms with Gasteiger partial charge in [-0.05, 0) is 31.4 Å². The normalized spacial score (nSPS) is 18.0. The lowest BCUT2D eigenvalue weighted by Crippen LogP contribution is -2.45. The van der Waals surface area contributed by atoms with Crippen LogP contribution in [-0.4, -0.2) is 58.8 Å². The highest BCUT2D eigenvalue weighted by Crippen LogP contribution is 2.20. The average molecular weight is 422 g/mol. The van der Waals surface area contributed by atoms with E-state index in [1.54, 1.807) is 6.20 Å². The van der Waals surface area contributed by atoms with Gasteiger partial charge in [0.05, 0.1) is 13.1 Å². The number of hydrogen-bond acceptors (Lipinski definition) is 3. The van der Waals surface area contributed by atoms with Crippen LogP contribution in [0.25, 0.3) is 0 Å². The number of aromatic nitrogens is 2. The van der Waals surface area contributed by atoms with Crippen molar-refractivity contribution in [1.82, 2.24) is 25.1 Å². The minimum atomic E-state index is -4.16. The van der Waals surface area contributed by atoms with Crippen molar-refractivity contribution in [2.45, 2.75) is 45.6 Å². The number of aryl methyl sites for hydroxylation is 1. The number of halogens is 3. The van der Waals surface area contributed by atoms with Crippen LogP contribution >= 0.6 is 0 Å². The molecule has 2 heterocycles. The van der Waals surface area contributed by atoms with Crippen molar-refractivity contribution in [1.29, 1.82) is 0 Å². The van der Waals surface area contributed by atoms with Crippen molar-refractivity contribution in [3.63, 3.8) is 0 Å². The fourth-order valence-electron chi connectivity index (χ4n) is 3.63. The molecule has 3 rings (SSSR count). The van der Waals surface area contributed by atoms with Crippen LogP contribution in [0.1, 0.15) is 30.3 Å². The summed E-state index contributed by atoms with van der Waals surface area (Å²) in [6, 6.07) is 8.19. The van der Waals surface area contributed by atoms with Crippen molar-refractivity contribution in [2.24, 2.45) is 4.99 Å². The number of alkyl halides is 3. The maximum Gasteiger partial charge on any atom is 0.401 e. The fourth-order valence-corrected chi connectivity index (χ4v) is 3.63. The summed E-state index contributed by atoms with van der Waals surface area (Å²) in [6.07, 6.45) is 0.252. The SMILES string of the molecule is CCNC(=NCc1cccc(Cn2ccnc2C)c1)NC1CCN(CC(F)(F)F)C1. The maximum atomic E-state index is 12.6. The van der Waals surface area contributed by atoms with Crippen LogP contribution in [0.3, 0.4) is 0 Å². The van der Waals surface area contributed by atoms with Crippen LogP contribution in [0.5, 0.6) is 0 Å². The van der Waals surface area contributed by atoms with Gasteiger partial charge in [-0.15, -0.1) is 0 Å². The summed E-state index contributed by atoms with van der Waals surface area (Å²) < 4.78 is 39.9. The third-order valence-corrected chi connectivity index (χ3v) is 5.05. The number of benzene rings is 1. The summed E-state index contributed by atoms with van der Waals surface area (Å²) >= 11 is 0. The van der Waals surface area contributed by atoms with Gasteiger partial charge in [-0.3, -0.25) is 4.90 Å². The predicted molar refractivity (Wildman–Crippen MR) is 111 cm³/mol. The molecule has 1 aliphatic rings. The van der Waals surface area contributed by atoms with Crippen LogP contribution in [0.15, 0.2) is 41.7 Å². The van der Waals surface area contributed by atoms with E-state index in [0.717, 1.165) is 17.9 Å². The summed E-state index contributed by atoms with van der Waals surface area (Å²) in [5.74, 6) is 1.60. The van der Waals surface area contributed by atoms with Gasteiger partial charge in [0.25, 0.3) is 0 Å². The Morgan fingerprint density at radius 1 is 1.30 bits per heavy atom. The van der Waals surface area contributed by atoms with Crippen molar-refractivity contribution in [2.75, 3.05) is 26.2 Å². The van der Waals surface area contributed by atoms with Crippen LogP contribution < -0.4 is 10.6 Å². The van der Waals surface area contributed by atoms with Gasteiger partial charge in [0.2, 0.25) is 0 Å². The van der Waals surface area contributed by atoms with Crippen LogP contribution in [0.2, 0.25) is 0 Å². The second-order valence-electron chi connectivity index (χ2n) is 7.60. The number of nitrogens with one attached hydrogen (secondary N) is 2. The summed E-state index contributed by atoms with van der Waals surface area (Å²) in [7, 11) is 0. The van der Waals surface area contributed by atoms with Crippen molar-refractivity contribution >= 4 is 5.96 Å². The largest absolute Gasteiger partial charge is 0.401 e. The Balaban J connectivity index is 1.58. The third kappa shape index (κ3) is 6.76. The third-order valence-electron chi connectivity index (χ3n) is 5.05. The van der Waals surface area contributed by atoms with E-state index >= 15 is 0 Å². The molecule has 0 amide bonds. The molecule has 1 aromatic carbocycles. The molecule has 0 radical (unpaired) electrons. The minimum absolute atomic E-state index is 0.0410. The van der Waals surface area contributed by atoms with E-state index < -0.39 is 12.7 Å². The first kappa shape index (κ1) is 22.1. The zero-order chi connectivity index (χ0) is 21.6. The smallest absolute Gasteiger partial charge is 0.357 e. The first-order chi connectivity index (χ1) is 14.3. The number of nitrogens with zero attached hydrogens (tertiary/aromatic N) is 4. The molecule has 0 bridgehead atoms. The Bertz CT molecular complexity index is 845. The maximum absolute atomic E-state index is 12.6. The van der Waals surface area contributed by atoms with Crippen molar-refractivity contribution < 1.29 is 13.2 Å². The second kappa shape index (κ2) is 9.97. The average Bonchev–Trinajstić information content (AvgIpc) is 3.28. The Morgan fingerprint density at radius 2 is 2.10 bits per heavy atom. The van der Waals surface area contributed by atoms with Gasteiger partial charge >= 0.3 is 6.18 Å². The fraction of sp³-hybridized carbons (Fsp3) is 0.524. The molecule has 1 unspecified atom stereocenters. The van der Waals surface area contributed by atoms with Gasteiger partial charge in [-0.1, -0.05) is 24.3 Å². The zero-order valence-corrected chi connectivity index (χ0v) is 17.4. The summed E-state index contributed by atoms with van der Waals surface area (Å²) in [4.78, 5) is 10.3. The minimum Gasteiger partial charge on any atom is -0.357 e. The molecule has 0 aliphatic carbocycles. The molecular weight excluding hydrogens is 393 g/mol. The first-order valence-corrected chi connectivity index (χ1v) is 10.2. The highest BCUT2D eigenvalue weighted by molar-refractivity contribution is 5.80. The molecule has 164 valence electrons. The summed E-state index contributed by atoms with van der Waals surface area (Å²) in [5.41, 5.74) is 2.24. The highest BCUT2D eigenvalue weighted by Gasteiger charge is 2.34. The Labute approximate surface area is 175 Å². The van der Waals surface area contributed by atoms with Gasteiger partial charge in [0.1, 0.15) is 5.82 Å². The number of hydrogen-bond donors (Lipinski definition) is 2. The van der Waals surface area contributed by atoms with Gasteiger partial charge in [0, 0.05) is 44.6 Å². The lowest BCUT2D eigenvalue weighted by Gasteiger charge is -2.19. The van der Waals surface area contributed by atoms with Gasteiger partial charge in [0.15, 0.2) is 5.96 Å². The molecule has 1 atom stereocenters. The Hall–Kier alpha value is -2.55. The molecule has 1 saturated heterocycles. The van der Waals surface area contributed by atoms with Crippen molar-refractivity contribution in [3.05, 3.63) is 53.6 Å². The van der Waals surface area contributed by atoms with E-state index in [1.807, 2.05) is 32.2 Å². The monoisotopic (exact) mass is 422 g/mol. The molecule has 9 heteroatoms. The molecule has 6 nitrogen and oxygen atoms in total. The molecule has 0 spiro atoms. The van der Waals surface area contributed by atoms with Crippen LogP contribution in [0, 0.1) is 6.92 Å². The van der Waals surface area contributed by atoms with Crippen LogP contribution in [-0.2, 0) is 13.1 Å². The number of rotatable bonds is 7. The molecular formula is C21H29F3N6. The number of imidazole rings is 1. The van der Waals surface area contributed by atoms with Gasteiger partial charge in [-0.25, -0.2) is 9.98 Å². The number of aliphatic imine (C=N–C) groups is 1. The van der Waals surface area contributed by atoms with Crippen LogP contribution in [0.4, 0.5) is 13.2 Å². The molecule has 30 heavy (non-hydrogen) atoms. The molecule has 0 saturated carbocycles. The standard InChI is InChI=1S/C21H29F3N6/c1-3-25-20(28-19-7-9-29(14-19)15-21(22,23)24)27-12-17-5-4-6-18(11-17)13-30-10-8-26-16(30)2/h4-6,8,10-11,19H,3,7,9,12-15H2,1-2H3,(H2,25,27,28). The highest BCUT2D eigenvalue weighted by atomic mass is 19.4. The Kier molecular flexibility index (Phi) is 7.36. The van der Waals surface area contributed by atoms with E-state index in [1.165, 1.54) is 10.5 Å². The number of guanidine groups is 1. The topological polar surface area (TPSA) is 57.5 Å². The van der Waals surface area contributed by atoms with E-state index in [-0.39, 0.29) is 6.04 Å². The molecule has 2 N–H and O–H groups in total. The lowest BCUT2D eigenvalue weighted by atomic mass is 10.1. The van der Waals surface area contributed by atoms with E-state index in [2.05, 4.69) is 37.3 Å². The number of likely N-dealkylation sites (tertiary alicyclic amines) is 1. The van der Waals surface area contributed by atoms with Crippen molar-refractivity contribution in [3.8, 4) is 0 Å². The lowest BCUT2D eigenvalue weighted by molar-refractivity contribution is -0.143. The van der Waals surface area contributed by atoms with Gasteiger partial charge in [-0.2, -0.15) is 13.2 Å². The quantitative estimate of drug-likeness (QED) is 0.532. The second-order valence-corrected chi connectivity index (χ2v) is 7.60. The predicted octanol–water partition coefficient (Wildman–Crippen LogP) is 2.93. The Morgan fingerprint density at radius 3 is 2.80 bits per heavy atom. The van der Waals surface area contributed by atoms with E-state index in [9.17, 15) is 13.2 Å². The molecule has 1 aliphatic heterocycles.